The van der Waals surface area contributed by atoms with E-state index in [1.807, 2.05) is 17.9 Å². The molecule has 0 unspecified atom stereocenters. The third-order valence-electron chi connectivity index (χ3n) is 5.10. The van der Waals surface area contributed by atoms with E-state index in [0.29, 0.717) is 29.2 Å². The van der Waals surface area contributed by atoms with Crippen molar-refractivity contribution in [1.82, 2.24) is 10.2 Å². The van der Waals surface area contributed by atoms with Crippen LogP contribution in [0.1, 0.15) is 59.7 Å². The van der Waals surface area contributed by atoms with Gasteiger partial charge in [0.25, 0.3) is 11.8 Å². The third kappa shape index (κ3) is 6.52. The van der Waals surface area contributed by atoms with Crippen molar-refractivity contribution in [3.8, 4) is 5.75 Å². The second-order valence-corrected chi connectivity index (χ2v) is 7.94. The van der Waals surface area contributed by atoms with Gasteiger partial charge in [-0.1, -0.05) is 31.9 Å². The van der Waals surface area contributed by atoms with E-state index in [1.165, 1.54) is 12.8 Å². The molecule has 0 atom stereocenters. The van der Waals surface area contributed by atoms with Gasteiger partial charge in [0.15, 0.2) is 5.11 Å². The fourth-order valence-electron chi connectivity index (χ4n) is 3.48. The molecule has 2 N–H and O–H groups in total. The lowest BCUT2D eigenvalue weighted by Crippen LogP contribution is -2.34. The molecule has 2 amide bonds. The summed E-state index contributed by atoms with van der Waals surface area (Å²) in [5.41, 5.74) is 1.79. The Morgan fingerprint density at radius 2 is 1.68 bits per heavy atom. The molecule has 3 rings (SSSR count). The molecule has 0 bridgehead atoms. The SMILES string of the molecule is CCCOc1ccccc1C(=O)NC(=S)Nc1ccc(C(=O)N2CCCCCC2)cc1. The molecule has 0 aromatic heterocycles. The minimum absolute atomic E-state index is 0.0630. The smallest absolute Gasteiger partial charge is 0.261 e. The predicted molar refractivity (Wildman–Crippen MR) is 127 cm³/mol. The van der Waals surface area contributed by atoms with Crippen molar-refractivity contribution in [3.63, 3.8) is 0 Å². The maximum absolute atomic E-state index is 12.7. The highest BCUT2D eigenvalue weighted by atomic mass is 32.1. The van der Waals surface area contributed by atoms with Crippen molar-refractivity contribution in [2.45, 2.75) is 39.0 Å². The lowest BCUT2D eigenvalue weighted by atomic mass is 10.1. The number of carbonyl (C=O) groups excluding carboxylic acids is 2. The summed E-state index contributed by atoms with van der Waals surface area (Å²) in [7, 11) is 0. The Kier molecular flexibility index (Phi) is 8.41. The number of anilines is 1. The molecule has 0 radical (unpaired) electrons. The van der Waals surface area contributed by atoms with Gasteiger partial charge in [-0.25, -0.2) is 0 Å². The summed E-state index contributed by atoms with van der Waals surface area (Å²) >= 11 is 5.29. The number of hydrogen-bond acceptors (Lipinski definition) is 4. The van der Waals surface area contributed by atoms with Gasteiger partial charge < -0.3 is 15.0 Å². The zero-order chi connectivity index (χ0) is 22.1. The highest BCUT2D eigenvalue weighted by molar-refractivity contribution is 7.80. The third-order valence-corrected chi connectivity index (χ3v) is 5.31. The highest BCUT2D eigenvalue weighted by Crippen LogP contribution is 2.19. The van der Waals surface area contributed by atoms with E-state index in [0.717, 1.165) is 32.4 Å². The van der Waals surface area contributed by atoms with Crippen molar-refractivity contribution in [2.75, 3.05) is 25.0 Å². The number of amides is 2. The quantitative estimate of drug-likeness (QED) is 0.643. The number of carbonyl (C=O) groups is 2. The summed E-state index contributed by atoms with van der Waals surface area (Å²) in [6.45, 7) is 4.18. The van der Waals surface area contributed by atoms with Gasteiger partial charge in [-0.15, -0.1) is 0 Å². The monoisotopic (exact) mass is 439 g/mol. The summed E-state index contributed by atoms with van der Waals surface area (Å²) in [6.07, 6.45) is 5.35. The molecule has 0 saturated carbocycles. The van der Waals surface area contributed by atoms with Crippen LogP contribution in [0.5, 0.6) is 5.75 Å². The number of rotatable bonds is 6. The number of likely N-dealkylation sites (tertiary alicyclic amines) is 1. The van der Waals surface area contributed by atoms with Gasteiger partial charge in [-0.05, 0) is 67.9 Å². The van der Waals surface area contributed by atoms with Crippen LogP contribution in [0, 0.1) is 0 Å². The number of hydrogen-bond donors (Lipinski definition) is 2. The van der Waals surface area contributed by atoms with Gasteiger partial charge in [0, 0.05) is 24.3 Å². The molecule has 7 heteroatoms. The molecule has 1 saturated heterocycles. The Labute approximate surface area is 189 Å². The van der Waals surface area contributed by atoms with Crippen LogP contribution in [0.2, 0.25) is 0 Å². The summed E-state index contributed by atoms with van der Waals surface area (Å²) in [5, 5.41) is 5.86. The van der Waals surface area contributed by atoms with Crippen LogP contribution < -0.4 is 15.4 Å². The molecule has 6 nitrogen and oxygen atoms in total. The number of para-hydroxylation sites is 1. The van der Waals surface area contributed by atoms with Gasteiger partial charge in [-0.2, -0.15) is 0 Å². The van der Waals surface area contributed by atoms with E-state index in [2.05, 4.69) is 10.6 Å². The lowest BCUT2D eigenvalue weighted by molar-refractivity contribution is 0.0761. The van der Waals surface area contributed by atoms with Crippen molar-refractivity contribution in [2.24, 2.45) is 0 Å². The molecule has 1 fully saturated rings. The summed E-state index contributed by atoms with van der Waals surface area (Å²) < 4.78 is 5.64. The molecule has 2 aromatic rings. The van der Waals surface area contributed by atoms with Crippen LogP contribution in [0.4, 0.5) is 5.69 Å². The Hall–Kier alpha value is -2.93. The normalized spacial score (nSPS) is 13.8. The largest absolute Gasteiger partial charge is 0.493 e. The zero-order valence-electron chi connectivity index (χ0n) is 17.9. The second kappa shape index (κ2) is 11.5. The zero-order valence-corrected chi connectivity index (χ0v) is 18.7. The number of benzene rings is 2. The van der Waals surface area contributed by atoms with E-state index < -0.39 is 0 Å². The average Bonchev–Trinajstić information content (AvgIpc) is 3.07. The van der Waals surface area contributed by atoms with E-state index in [-0.39, 0.29) is 16.9 Å². The molecule has 2 aromatic carbocycles. The standard InChI is InChI=1S/C24H29N3O3S/c1-2-17-30-21-10-6-5-9-20(21)22(28)26-24(31)25-19-13-11-18(12-14-19)23(29)27-15-7-3-4-8-16-27/h5-6,9-14H,2-4,7-8,15-17H2,1H3,(H2,25,26,28,31). The Balaban J connectivity index is 1.57. The minimum Gasteiger partial charge on any atom is -0.493 e. The predicted octanol–water partition coefficient (Wildman–Crippen LogP) is 4.62. The molecule has 1 heterocycles. The molecule has 1 aliphatic rings. The topological polar surface area (TPSA) is 70.7 Å². The highest BCUT2D eigenvalue weighted by Gasteiger charge is 2.17. The molecule has 0 aliphatic carbocycles. The van der Waals surface area contributed by atoms with E-state index in [4.69, 9.17) is 17.0 Å². The van der Waals surface area contributed by atoms with Crippen LogP contribution in [-0.4, -0.2) is 41.5 Å². The Bertz CT molecular complexity index is 907. The fraction of sp³-hybridized carbons (Fsp3) is 0.375. The van der Waals surface area contributed by atoms with Crippen molar-refractivity contribution in [3.05, 3.63) is 59.7 Å². The molecule has 31 heavy (non-hydrogen) atoms. The van der Waals surface area contributed by atoms with Gasteiger partial charge in [-0.3, -0.25) is 14.9 Å². The molecule has 164 valence electrons. The van der Waals surface area contributed by atoms with Crippen LogP contribution in [0.3, 0.4) is 0 Å². The van der Waals surface area contributed by atoms with Gasteiger partial charge in [0.1, 0.15) is 5.75 Å². The second-order valence-electron chi connectivity index (χ2n) is 7.54. The maximum atomic E-state index is 12.7. The van der Waals surface area contributed by atoms with Gasteiger partial charge in [0.05, 0.1) is 12.2 Å². The van der Waals surface area contributed by atoms with E-state index >= 15 is 0 Å². The van der Waals surface area contributed by atoms with Crippen LogP contribution in [0.25, 0.3) is 0 Å². The van der Waals surface area contributed by atoms with Gasteiger partial charge >= 0.3 is 0 Å². The van der Waals surface area contributed by atoms with Crippen LogP contribution >= 0.6 is 12.2 Å². The van der Waals surface area contributed by atoms with Crippen LogP contribution in [0.15, 0.2) is 48.5 Å². The van der Waals surface area contributed by atoms with Crippen molar-refractivity contribution >= 4 is 34.8 Å². The first-order valence-electron chi connectivity index (χ1n) is 10.8. The average molecular weight is 440 g/mol. The van der Waals surface area contributed by atoms with E-state index in [9.17, 15) is 9.59 Å². The fourth-order valence-corrected chi connectivity index (χ4v) is 3.69. The maximum Gasteiger partial charge on any atom is 0.261 e. The minimum atomic E-state index is -0.336. The Morgan fingerprint density at radius 1 is 1.00 bits per heavy atom. The number of ether oxygens (including phenoxy) is 1. The Morgan fingerprint density at radius 3 is 2.35 bits per heavy atom. The first kappa shape index (κ1) is 22.7. The molecular formula is C24H29N3O3S. The number of thiocarbonyl (C=S) groups is 1. The lowest BCUT2D eigenvalue weighted by Gasteiger charge is -2.20. The van der Waals surface area contributed by atoms with E-state index in [1.54, 1.807) is 42.5 Å². The molecule has 0 spiro atoms. The number of nitrogens with zero attached hydrogens (tertiary/aromatic N) is 1. The van der Waals surface area contributed by atoms with Crippen molar-refractivity contribution < 1.29 is 14.3 Å². The number of nitrogens with one attached hydrogen (secondary N) is 2. The summed E-state index contributed by atoms with van der Waals surface area (Å²) in [4.78, 5) is 27.2. The van der Waals surface area contributed by atoms with Crippen LogP contribution in [-0.2, 0) is 0 Å². The van der Waals surface area contributed by atoms with Gasteiger partial charge in [0.2, 0.25) is 0 Å². The molecule has 1 aliphatic heterocycles. The first-order chi connectivity index (χ1) is 15.1. The van der Waals surface area contributed by atoms with Crippen molar-refractivity contribution in [1.29, 1.82) is 0 Å². The summed E-state index contributed by atoms with van der Waals surface area (Å²) in [6, 6.07) is 14.2. The molecular weight excluding hydrogens is 410 g/mol. The first-order valence-corrected chi connectivity index (χ1v) is 11.2. The summed E-state index contributed by atoms with van der Waals surface area (Å²) in [5.74, 6) is 0.256.